The fraction of sp³-hybridized carbons (Fsp3) is 0.350. The molecule has 0 aromatic heterocycles. The molecule has 2 aromatic carbocycles. The predicted molar refractivity (Wildman–Crippen MR) is 97.0 cm³/mol. The van der Waals surface area contributed by atoms with Crippen molar-refractivity contribution in [2.45, 2.75) is 18.3 Å². The zero-order chi connectivity index (χ0) is 20.1. The molecule has 2 unspecified atom stereocenters. The van der Waals surface area contributed by atoms with Crippen LogP contribution in [0.3, 0.4) is 0 Å². The minimum atomic E-state index is -4.53. The third kappa shape index (κ3) is 4.88. The number of halogens is 4. The quantitative estimate of drug-likeness (QED) is 0.765. The largest absolute Gasteiger partial charge is 0.407 e. The van der Waals surface area contributed by atoms with Gasteiger partial charge in [0.1, 0.15) is 11.9 Å². The highest BCUT2D eigenvalue weighted by molar-refractivity contribution is 5.79. The SMILES string of the molecule is O=C(CNC(c1ccccc1)C(F)(F)F)N1CCNCC1c1cccc(F)c1. The van der Waals surface area contributed by atoms with Gasteiger partial charge in [-0.3, -0.25) is 10.1 Å². The summed E-state index contributed by atoms with van der Waals surface area (Å²) in [6.07, 6.45) is -4.53. The molecule has 8 heteroatoms. The summed E-state index contributed by atoms with van der Waals surface area (Å²) < 4.78 is 53.9. The van der Waals surface area contributed by atoms with E-state index in [0.717, 1.165) is 0 Å². The van der Waals surface area contributed by atoms with Crippen molar-refractivity contribution in [2.75, 3.05) is 26.2 Å². The number of piperazine rings is 1. The Morgan fingerprint density at radius 1 is 1.18 bits per heavy atom. The monoisotopic (exact) mass is 395 g/mol. The first kappa shape index (κ1) is 20.3. The van der Waals surface area contributed by atoms with Gasteiger partial charge in [-0.2, -0.15) is 13.2 Å². The van der Waals surface area contributed by atoms with Crippen molar-refractivity contribution < 1.29 is 22.4 Å². The first-order chi connectivity index (χ1) is 13.4. The third-order valence-electron chi connectivity index (χ3n) is 4.71. The summed E-state index contributed by atoms with van der Waals surface area (Å²) in [5.41, 5.74) is 0.653. The van der Waals surface area contributed by atoms with Crippen LogP contribution in [0.4, 0.5) is 17.6 Å². The molecule has 1 saturated heterocycles. The van der Waals surface area contributed by atoms with Crippen molar-refractivity contribution in [3.05, 3.63) is 71.5 Å². The number of nitrogens with one attached hydrogen (secondary N) is 2. The fourth-order valence-corrected chi connectivity index (χ4v) is 3.37. The van der Waals surface area contributed by atoms with E-state index < -0.39 is 36.5 Å². The van der Waals surface area contributed by atoms with Crippen LogP contribution in [0.2, 0.25) is 0 Å². The van der Waals surface area contributed by atoms with Crippen LogP contribution in [0.1, 0.15) is 23.2 Å². The Balaban J connectivity index is 1.73. The van der Waals surface area contributed by atoms with Gasteiger partial charge in [0.15, 0.2) is 0 Å². The molecule has 1 amide bonds. The number of nitrogens with zero attached hydrogens (tertiary/aromatic N) is 1. The molecule has 0 saturated carbocycles. The van der Waals surface area contributed by atoms with Gasteiger partial charge in [-0.15, -0.1) is 0 Å². The maximum absolute atomic E-state index is 13.6. The second-order valence-electron chi connectivity index (χ2n) is 6.63. The molecule has 1 aliphatic heterocycles. The van der Waals surface area contributed by atoms with Gasteiger partial charge in [0.25, 0.3) is 0 Å². The number of benzene rings is 2. The molecule has 1 aliphatic rings. The molecule has 0 aliphatic carbocycles. The van der Waals surface area contributed by atoms with Crippen LogP contribution < -0.4 is 10.6 Å². The molecule has 1 fully saturated rings. The van der Waals surface area contributed by atoms with E-state index in [1.807, 2.05) is 0 Å². The van der Waals surface area contributed by atoms with Gasteiger partial charge in [0.2, 0.25) is 5.91 Å². The van der Waals surface area contributed by atoms with Crippen molar-refractivity contribution >= 4 is 5.91 Å². The van der Waals surface area contributed by atoms with Gasteiger partial charge in [-0.05, 0) is 23.3 Å². The third-order valence-corrected chi connectivity index (χ3v) is 4.71. The molecule has 2 atom stereocenters. The van der Waals surface area contributed by atoms with Gasteiger partial charge < -0.3 is 10.2 Å². The summed E-state index contributed by atoms with van der Waals surface area (Å²) in [6.45, 7) is 0.810. The normalized spacial score (nSPS) is 18.7. The molecular formula is C20H21F4N3O. The second kappa shape index (κ2) is 8.70. The number of hydrogen-bond donors (Lipinski definition) is 2. The van der Waals surface area contributed by atoms with Crippen LogP contribution in [0.25, 0.3) is 0 Å². The zero-order valence-corrected chi connectivity index (χ0v) is 15.0. The van der Waals surface area contributed by atoms with Crippen LogP contribution in [0.15, 0.2) is 54.6 Å². The van der Waals surface area contributed by atoms with E-state index >= 15 is 0 Å². The minimum Gasteiger partial charge on any atom is -0.332 e. The molecule has 3 rings (SSSR count). The first-order valence-electron chi connectivity index (χ1n) is 8.97. The zero-order valence-electron chi connectivity index (χ0n) is 15.0. The molecule has 150 valence electrons. The summed E-state index contributed by atoms with van der Waals surface area (Å²) in [6, 6.07) is 11.0. The Morgan fingerprint density at radius 2 is 1.93 bits per heavy atom. The summed E-state index contributed by atoms with van der Waals surface area (Å²) in [7, 11) is 0. The molecule has 2 aromatic rings. The van der Waals surface area contributed by atoms with E-state index in [9.17, 15) is 22.4 Å². The molecule has 2 N–H and O–H groups in total. The maximum atomic E-state index is 13.6. The Hall–Kier alpha value is -2.45. The van der Waals surface area contributed by atoms with E-state index in [1.165, 1.54) is 41.3 Å². The topological polar surface area (TPSA) is 44.4 Å². The lowest BCUT2D eigenvalue weighted by Gasteiger charge is -2.37. The Morgan fingerprint density at radius 3 is 2.61 bits per heavy atom. The summed E-state index contributed by atoms with van der Waals surface area (Å²) >= 11 is 0. The number of alkyl halides is 3. The number of carbonyl (C=O) groups is 1. The summed E-state index contributed by atoms with van der Waals surface area (Å²) in [5, 5.41) is 5.48. The Bertz CT molecular complexity index is 798. The number of carbonyl (C=O) groups excluding carboxylic acids is 1. The standard InChI is InChI=1S/C20H21F4N3O/c21-16-8-4-7-15(11-16)17-12-25-9-10-27(17)18(28)13-26-19(20(22,23)24)14-5-2-1-3-6-14/h1-8,11,17,19,25-26H,9-10,12-13H2. The van der Waals surface area contributed by atoms with Crippen LogP contribution in [0, 0.1) is 5.82 Å². The first-order valence-corrected chi connectivity index (χ1v) is 8.97. The number of rotatable bonds is 5. The molecule has 4 nitrogen and oxygen atoms in total. The Labute approximate surface area is 160 Å². The Kier molecular flexibility index (Phi) is 6.31. The lowest BCUT2D eigenvalue weighted by atomic mass is 10.0. The average molecular weight is 395 g/mol. The van der Waals surface area contributed by atoms with Gasteiger partial charge in [0, 0.05) is 19.6 Å². The number of amides is 1. The van der Waals surface area contributed by atoms with Crippen LogP contribution >= 0.6 is 0 Å². The molecule has 0 spiro atoms. The number of hydrogen-bond acceptors (Lipinski definition) is 3. The van der Waals surface area contributed by atoms with Crippen molar-refractivity contribution in [1.29, 1.82) is 0 Å². The van der Waals surface area contributed by atoms with E-state index in [-0.39, 0.29) is 5.56 Å². The van der Waals surface area contributed by atoms with Crippen molar-refractivity contribution in [1.82, 2.24) is 15.5 Å². The van der Waals surface area contributed by atoms with Crippen molar-refractivity contribution in [3.63, 3.8) is 0 Å². The van der Waals surface area contributed by atoms with E-state index in [0.29, 0.717) is 25.2 Å². The van der Waals surface area contributed by atoms with E-state index in [4.69, 9.17) is 0 Å². The molecule has 1 heterocycles. The predicted octanol–water partition coefficient (Wildman–Crippen LogP) is 3.19. The van der Waals surface area contributed by atoms with E-state index in [1.54, 1.807) is 18.2 Å². The second-order valence-corrected chi connectivity index (χ2v) is 6.63. The van der Waals surface area contributed by atoms with Gasteiger partial charge >= 0.3 is 6.18 Å². The molecular weight excluding hydrogens is 374 g/mol. The smallest absolute Gasteiger partial charge is 0.332 e. The van der Waals surface area contributed by atoms with Gasteiger partial charge in [-0.25, -0.2) is 4.39 Å². The van der Waals surface area contributed by atoms with Crippen LogP contribution in [0.5, 0.6) is 0 Å². The molecule has 28 heavy (non-hydrogen) atoms. The minimum absolute atomic E-state index is 0.0461. The van der Waals surface area contributed by atoms with Gasteiger partial charge in [-0.1, -0.05) is 42.5 Å². The van der Waals surface area contributed by atoms with E-state index in [2.05, 4.69) is 10.6 Å². The van der Waals surface area contributed by atoms with Crippen molar-refractivity contribution in [2.24, 2.45) is 0 Å². The average Bonchev–Trinajstić information content (AvgIpc) is 2.68. The lowest BCUT2D eigenvalue weighted by Crippen LogP contribution is -2.51. The molecule has 0 bridgehead atoms. The van der Waals surface area contributed by atoms with Crippen molar-refractivity contribution in [3.8, 4) is 0 Å². The summed E-state index contributed by atoms with van der Waals surface area (Å²) in [4.78, 5) is 14.2. The van der Waals surface area contributed by atoms with Crippen LogP contribution in [-0.4, -0.2) is 43.2 Å². The highest BCUT2D eigenvalue weighted by Crippen LogP contribution is 2.32. The molecule has 0 radical (unpaired) electrons. The fourth-order valence-electron chi connectivity index (χ4n) is 3.37. The highest BCUT2D eigenvalue weighted by Gasteiger charge is 2.41. The van der Waals surface area contributed by atoms with Gasteiger partial charge in [0.05, 0.1) is 12.6 Å². The lowest BCUT2D eigenvalue weighted by molar-refractivity contribution is -0.159. The summed E-state index contributed by atoms with van der Waals surface area (Å²) in [5.74, 6) is -0.879. The highest BCUT2D eigenvalue weighted by atomic mass is 19.4. The maximum Gasteiger partial charge on any atom is 0.407 e. The van der Waals surface area contributed by atoms with Crippen LogP contribution in [-0.2, 0) is 4.79 Å².